The molecule has 2 fully saturated rings. The molecule has 1 aliphatic heterocycles. The number of carboxylic acids is 1. The number of hydrogen-bond acceptors (Lipinski definition) is 2. The maximum absolute atomic E-state index is 12.6. The monoisotopic (exact) mass is 292 g/mol. The normalized spacial score (nSPS) is 29.9. The summed E-state index contributed by atoms with van der Waals surface area (Å²) in [5.74, 6) is 2.05. The van der Waals surface area contributed by atoms with Gasteiger partial charge in [-0.2, -0.15) is 0 Å². The van der Waals surface area contributed by atoms with E-state index < -0.39 is 12.0 Å². The van der Waals surface area contributed by atoms with E-state index in [4.69, 9.17) is 6.42 Å². The van der Waals surface area contributed by atoms with Gasteiger partial charge in [0.05, 0.1) is 6.04 Å². The van der Waals surface area contributed by atoms with Crippen molar-refractivity contribution < 1.29 is 14.7 Å². The molecule has 0 radical (unpaired) electrons. The number of rotatable bonds is 3. The number of likely N-dealkylation sites (tertiary alicyclic amines) is 1. The van der Waals surface area contributed by atoms with Crippen LogP contribution in [0, 0.1) is 18.3 Å². The summed E-state index contributed by atoms with van der Waals surface area (Å²) in [4.78, 5) is 25.6. The minimum atomic E-state index is -0.914. The van der Waals surface area contributed by atoms with Gasteiger partial charge in [0.2, 0.25) is 0 Å². The molecule has 1 heterocycles. The average molecular weight is 292 g/mol. The van der Waals surface area contributed by atoms with Crippen molar-refractivity contribution >= 4 is 12.0 Å². The van der Waals surface area contributed by atoms with Gasteiger partial charge in [0.15, 0.2) is 0 Å². The Labute approximate surface area is 126 Å². The van der Waals surface area contributed by atoms with Crippen molar-refractivity contribution in [1.82, 2.24) is 10.2 Å². The summed E-state index contributed by atoms with van der Waals surface area (Å²) >= 11 is 0. The number of piperidine rings is 1. The van der Waals surface area contributed by atoms with Crippen LogP contribution in [0.5, 0.6) is 0 Å². The molecule has 0 spiro atoms. The molecule has 0 aromatic carbocycles. The lowest BCUT2D eigenvalue weighted by molar-refractivity contribution is -0.145. The van der Waals surface area contributed by atoms with Gasteiger partial charge in [-0.05, 0) is 38.0 Å². The number of aliphatic carboxylic acids is 1. The van der Waals surface area contributed by atoms with Crippen molar-refractivity contribution in [3.63, 3.8) is 0 Å². The molecule has 2 amide bonds. The summed E-state index contributed by atoms with van der Waals surface area (Å²) in [6.07, 6.45) is 11.7. The fraction of sp³-hybridized carbons (Fsp3) is 0.750. The molecule has 5 nitrogen and oxygen atoms in total. The topological polar surface area (TPSA) is 69.6 Å². The molecule has 116 valence electrons. The van der Waals surface area contributed by atoms with Crippen LogP contribution in [0.25, 0.3) is 0 Å². The fourth-order valence-corrected chi connectivity index (χ4v) is 3.65. The summed E-state index contributed by atoms with van der Waals surface area (Å²) in [5, 5.41) is 12.2. The first kappa shape index (κ1) is 15.7. The second-order valence-corrected chi connectivity index (χ2v) is 6.03. The molecule has 0 bridgehead atoms. The van der Waals surface area contributed by atoms with Gasteiger partial charge >= 0.3 is 12.0 Å². The second-order valence-electron chi connectivity index (χ2n) is 6.03. The van der Waals surface area contributed by atoms with Gasteiger partial charge in [-0.3, -0.25) is 0 Å². The standard InChI is InChI=1S/C16H24N2O3/c1-3-12(4-2)17-16(21)18-13-8-6-5-7-11(13)9-10-14(18)15(19)20/h1,11-14H,4-10H2,2H3,(H,17,21)(H,19,20). The maximum atomic E-state index is 12.6. The molecule has 5 heteroatoms. The molecule has 0 aromatic rings. The first-order valence-electron chi connectivity index (χ1n) is 7.86. The maximum Gasteiger partial charge on any atom is 0.326 e. The summed E-state index contributed by atoms with van der Waals surface area (Å²) in [6.45, 7) is 1.90. The fourth-order valence-electron chi connectivity index (χ4n) is 3.65. The highest BCUT2D eigenvalue weighted by atomic mass is 16.4. The van der Waals surface area contributed by atoms with Crippen LogP contribution in [-0.4, -0.2) is 40.1 Å². The Hall–Kier alpha value is -1.70. The number of fused-ring (bicyclic) bond motifs is 1. The molecule has 21 heavy (non-hydrogen) atoms. The molecule has 0 aromatic heterocycles. The lowest BCUT2D eigenvalue weighted by Gasteiger charge is -2.47. The SMILES string of the molecule is C#CC(CC)NC(=O)N1C(C(=O)O)CCC2CCCCC21. The van der Waals surface area contributed by atoms with Gasteiger partial charge in [-0.15, -0.1) is 6.42 Å². The predicted octanol–water partition coefficient (Wildman–Crippen LogP) is 2.22. The molecule has 4 atom stereocenters. The van der Waals surface area contributed by atoms with E-state index in [1.807, 2.05) is 6.92 Å². The van der Waals surface area contributed by atoms with E-state index in [0.29, 0.717) is 18.8 Å². The van der Waals surface area contributed by atoms with Gasteiger partial charge in [-0.1, -0.05) is 25.7 Å². The number of hydrogen-bond donors (Lipinski definition) is 2. The zero-order valence-electron chi connectivity index (χ0n) is 12.5. The van der Waals surface area contributed by atoms with Crippen LogP contribution in [0.3, 0.4) is 0 Å². The van der Waals surface area contributed by atoms with E-state index in [1.54, 1.807) is 4.90 Å². The molecule has 1 saturated carbocycles. The largest absolute Gasteiger partial charge is 0.480 e. The third-order valence-corrected chi connectivity index (χ3v) is 4.80. The Balaban J connectivity index is 2.18. The van der Waals surface area contributed by atoms with Crippen molar-refractivity contribution in [2.24, 2.45) is 5.92 Å². The zero-order chi connectivity index (χ0) is 15.4. The summed E-state index contributed by atoms with van der Waals surface area (Å²) in [6, 6.07) is -1.33. The van der Waals surface area contributed by atoms with E-state index in [0.717, 1.165) is 25.7 Å². The van der Waals surface area contributed by atoms with Crippen LogP contribution in [0.4, 0.5) is 4.79 Å². The Bertz CT molecular complexity index is 443. The number of carbonyl (C=O) groups is 2. The molecular formula is C16H24N2O3. The lowest BCUT2D eigenvalue weighted by Crippen LogP contribution is -2.60. The van der Waals surface area contributed by atoms with Crippen molar-refractivity contribution in [2.45, 2.75) is 70.0 Å². The molecular weight excluding hydrogens is 268 g/mol. The number of urea groups is 1. The first-order valence-corrected chi connectivity index (χ1v) is 7.86. The van der Waals surface area contributed by atoms with Crippen LogP contribution in [0.1, 0.15) is 51.9 Å². The van der Waals surface area contributed by atoms with Crippen molar-refractivity contribution in [2.75, 3.05) is 0 Å². The molecule has 2 N–H and O–H groups in total. The van der Waals surface area contributed by atoms with Crippen LogP contribution >= 0.6 is 0 Å². The van der Waals surface area contributed by atoms with Crippen LogP contribution < -0.4 is 5.32 Å². The molecule has 1 saturated heterocycles. The van der Waals surface area contributed by atoms with Crippen molar-refractivity contribution in [3.05, 3.63) is 0 Å². The number of carbonyl (C=O) groups excluding carboxylic acids is 1. The number of carboxylic acid groups (broad SMARTS) is 1. The van der Waals surface area contributed by atoms with Gasteiger partial charge in [0.25, 0.3) is 0 Å². The van der Waals surface area contributed by atoms with E-state index in [2.05, 4.69) is 11.2 Å². The van der Waals surface area contributed by atoms with E-state index in [-0.39, 0.29) is 18.1 Å². The Morgan fingerprint density at radius 3 is 2.67 bits per heavy atom. The predicted molar refractivity (Wildman–Crippen MR) is 79.7 cm³/mol. The average Bonchev–Trinajstić information content (AvgIpc) is 2.50. The molecule has 4 unspecified atom stereocenters. The van der Waals surface area contributed by atoms with Gasteiger partial charge in [0.1, 0.15) is 6.04 Å². The highest BCUT2D eigenvalue weighted by molar-refractivity contribution is 5.83. The third kappa shape index (κ3) is 3.31. The molecule has 1 aliphatic carbocycles. The highest BCUT2D eigenvalue weighted by Gasteiger charge is 2.44. The first-order chi connectivity index (χ1) is 10.1. The quantitative estimate of drug-likeness (QED) is 0.784. The summed E-state index contributed by atoms with van der Waals surface area (Å²) in [5.41, 5.74) is 0. The number of terminal acetylenes is 1. The molecule has 2 aliphatic rings. The minimum Gasteiger partial charge on any atom is -0.480 e. The number of nitrogens with one attached hydrogen (secondary N) is 1. The number of amides is 2. The zero-order valence-corrected chi connectivity index (χ0v) is 12.5. The Morgan fingerprint density at radius 1 is 1.33 bits per heavy atom. The summed E-state index contributed by atoms with van der Waals surface area (Å²) < 4.78 is 0. The van der Waals surface area contributed by atoms with Crippen LogP contribution in [0.15, 0.2) is 0 Å². The number of nitrogens with zero attached hydrogens (tertiary/aromatic N) is 1. The van der Waals surface area contributed by atoms with Crippen molar-refractivity contribution in [3.8, 4) is 12.3 Å². The highest BCUT2D eigenvalue weighted by Crippen LogP contribution is 2.38. The van der Waals surface area contributed by atoms with Crippen molar-refractivity contribution in [1.29, 1.82) is 0 Å². The Kier molecular flexibility index (Phi) is 5.11. The third-order valence-electron chi connectivity index (χ3n) is 4.80. The Morgan fingerprint density at radius 2 is 2.05 bits per heavy atom. The van der Waals surface area contributed by atoms with E-state index in [9.17, 15) is 14.7 Å². The van der Waals surface area contributed by atoms with Gasteiger partial charge in [-0.25, -0.2) is 9.59 Å². The van der Waals surface area contributed by atoms with E-state index >= 15 is 0 Å². The minimum absolute atomic E-state index is 0.0453. The van der Waals surface area contributed by atoms with Crippen LogP contribution in [0.2, 0.25) is 0 Å². The van der Waals surface area contributed by atoms with Gasteiger partial charge in [0, 0.05) is 6.04 Å². The van der Waals surface area contributed by atoms with Gasteiger partial charge < -0.3 is 15.3 Å². The summed E-state index contributed by atoms with van der Waals surface area (Å²) in [7, 11) is 0. The molecule has 2 rings (SSSR count). The lowest BCUT2D eigenvalue weighted by atomic mass is 9.76. The van der Waals surface area contributed by atoms with E-state index in [1.165, 1.54) is 6.42 Å². The van der Waals surface area contributed by atoms with Crippen LogP contribution in [-0.2, 0) is 4.79 Å². The smallest absolute Gasteiger partial charge is 0.326 e. The second kappa shape index (κ2) is 6.84.